The highest BCUT2D eigenvalue weighted by molar-refractivity contribution is 7.85. The monoisotopic (exact) mass is 252 g/mol. The number of aliphatic hydroxyl groups excluding tert-OH is 1. The van der Waals surface area contributed by atoms with Crippen molar-refractivity contribution in [3.63, 3.8) is 0 Å². The average molecular weight is 252 g/mol. The topological polar surface area (TPSA) is 74.6 Å². The van der Waals surface area contributed by atoms with Crippen LogP contribution < -0.4 is 0 Å². The summed E-state index contributed by atoms with van der Waals surface area (Å²) in [5.74, 6) is -0.384. The van der Waals surface area contributed by atoms with Crippen LogP contribution in [0.5, 0.6) is 0 Å². The molecule has 0 radical (unpaired) electrons. The van der Waals surface area contributed by atoms with Gasteiger partial charge in [0.05, 0.1) is 6.61 Å². The number of fused-ring (bicyclic) bond motifs is 1. The van der Waals surface area contributed by atoms with Crippen LogP contribution in [0.3, 0.4) is 0 Å². The van der Waals surface area contributed by atoms with Gasteiger partial charge < -0.3 is 5.11 Å². The molecule has 2 N–H and O–H groups in total. The second-order valence-electron chi connectivity index (χ2n) is 3.90. The zero-order chi connectivity index (χ0) is 12.5. The van der Waals surface area contributed by atoms with Crippen molar-refractivity contribution >= 4 is 20.9 Å². The minimum atomic E-state index is -4.00. The first-order valence-electron chi connectivity index (χ1n) is 5.05. The second-order valence-corrected chi connectivity index (χ2v) is 5.35. The van der Waals surface area contributed by atoms with Crippen molar-refractivity contribution in [2.75, 3.05) is 0 Å². The van der Waals surface area contributed by atoms with Gasteiger partial charge >= 0.3 is 0 Å². The van der Waals surface area contributed by atoms with E-state index in [9.17, 15) is 8.42 Å². The van der Waals surface area contributed by atoms with Gasteiger partial charge in [0, 0.05) is 0 Å². The van der Waals surface area contributed by atoms with Crippen molar-refractivity contribution in [2.45, 2.75) is 12.4 Å². The Labute approximate surface area is 99.3 Å². The van der Waals surface area contributed by atoms with Gasteiger partial charge in [-0.25, -0.2) is 0 Å². The van der Waals surface area contributed by atoms with Crippen LogP contribution >= 0.6 is 0 Å². The first kappa shape index (κ1) is 12.0. The van der Waals surface area contributed by atoms with E-state index >= 15 is 0 Å². The van der Waals surface area contributed by atoms with Gasteiger partial charge in [0.1, 0.15) is 5.75 Å². The lowest BCUT2D eigenvalue weighted by atomic mass is 10.1. The van der Waals surface area contributed by atoms with Gasteiger partial charge in [0.25, 0.3) is 10.1 Å². The zero-order valence-corrected chi connectivity index (χ0v) is 9.81. The van der Waals surface area contributed by atoms with E-state index in [-0.39, 0.29) is 12.4 Å². The van der Waals surface area contributed by atoms with Gasteiger partial charge in [-0.3, -0.25) is 4.55 Å². The molecule has 0 aliphatic carbocycles. The van der Waals surface area contributed by atoms with Crippen LogP contribution in [0.15, 0.2) is 36.4 Å². The fraction of sp³-hybridized carbons (Fsp3) is 0.167. The quantitative estimate of drug-likeness (QED) is 0.816. The molecule has 4 nitrogen and oxygen atoms in total. The average Bonchev–Trinajstić information content (AvgIpc) is 2.26. The molecule has 2 aromatic rings. The Morgan fingerprint density at radius 1 is 0.941 bits per heavy atom. The molecule has 0 aliphatic heterocycles. The Kier molecular flexibility index (Phi) is 3.15. The van der Waals surface area contributed by atoms with Gasteiger partial charge in [0.2, 0.25) is 0 Å². The maximum atomic E-state index is 10.8. The lowest BCUT2D eigenvalue weighted by Crippen LogP contribution is -2.01. The third kappa shape index (κ3) is 3.03. The lowest BCUT2D eigenvalue weighted by molar-refractivity contribution is 0.282. The third-order valence-corrected chi connectivity index (χ3v) is 3.20. The molecule has 0 spiro atoms. The molecule has 0 aromatic heterocycles. The highest BCUT2D eigenvalue weighted by atomic mass is 32.2. The van der Waals surface area contributed by atoms with E-state index in [1.807, 2.05) is 12.1 Å². The fourth-order valence-electron chi connectivity index (χ4n) is 1.74. The van der Waals surface area contributed by atoms with Crippen LogP contribution in [0, 0.1) is 0 Å². The fourth-order valence-corrected chi connectivity index (χ4v) is 2.34. The lowest BCUT2D eigenvalue weighted by Gasteiger charge is -2.04. The molecule has 0 heterocycles. The molecule has 0 amide bonds. The zero-order valence-electron chi connectivity index (χ0n) is 9.00. The summed E-state index contributed by atoms with van der Waals surface area (Å²) in [6.07, 6.45) is 0. The van der Waals surface area contributed by atoms with E-state index < -0.39 is 10.1 Å². The van der Waals surface area contributed by atoms with Crippen LogP contribution in [0.25, 0.3) is 10.8 Å². The third-order valence-electron chi connectivity index (χ3n) is 2.50. The molecule has 2 rings (SSSR count). The van der Waals surface area contributed by atoms with E-state index in [2.05, 4.69) is 0 Å². The first-order valence-corrected chi connectivity index (χ1v) is 6.66. The predicted molar refractivity (Wildman–Crippen MR) is 65.1 cm³/mol. The van der Waals surface area contributed by atoms with Crippen molar-refractivity contribution in [3.05, 3.63) is 47.5 Å². The second kappa shape index (κ2) is 4.44. The molecule has 2 aromatic carbocycles. The highest BCUT2D eigenvalue weighted by Crippen LogP contribution is 2.19. The van der Waals surface area contributed by atoms with Crippen LogP contribution in [-0.4, -0.2) is 18.1 Å². The largest absolute Gasteiger partial charge is 0.392 e. The Bertz CT molecular complexity index is 647. The molecular formula is C12H12O4S. The number of benzene rings is 2. The normalized spacial score (nSPS) is 11.9. The van der Waals surface area contributed by atoms with Crippen molar-refractivity contribution in [1.82, 2.24) is 0 Å². The summed E-state index contributed by atoms with van der Waals surface area (Å²) in [7, 11) is -4.00. The summed E-state index contributed by atoms with van der Waals surface area (Å²) in [6, 6.07) is 10.6. The Morgan fingerprint density at radius 2 is 1.47 bits per heavy atom. The van der Waals surface area contributed by atoms with Crippen molar-refractivity contribution in [1.29, 1.82) is 0 Å². The Morgan fingerprint density at radius 3 is 2.00 bits per heavy atom. The summed E-state index contributed by atoms with van der Waals surface area (Å²) in [5, 5.41) is 10.8. The van der Waals surface area contributed by atoms with Gasteiger partial charge in [-0.1, -0.05) is 30.3 Å². The minimum Gasteiger partial charge on any atom is -0.392 e. The van der Waals surface area contributed by atoms with E-state index in [1.165, 1.54) is 0 Å². The maximum Gasteiger partial charge on any atom is 0.269 e. The molecule has 0 fully saturated rings. The van der Waals surface area contributed by atoms with Crippen LogP contribution in [-0.2, 0) is 22.5 Å². The molecule has 0 bridgehead atoms. The first-order chi connectivity index (χ1) is 7.98. The van der Waals surface area contributed by atoms with E-state index in [0.29, 0.717) is 5.56 Å². The molecule has 90 valence electrons. The van der Waals surface area contributed by atoms with Crippen molar-refractivity contribution < 1.29 is 18.1 Å². The van der Waals surface area contributed by atoms with Crippen LogP contribution in [0.1, 0.15) is 11.1 Å². The molecular weight excluding hydrogens is 240 g/mol. The summed E-state index contributed by atoms with van der Waals surface area (Å²) in [6.45, 7) is -0.0251. The maximum absolute atomic E-state index is 10.8. The minimum absolute atomic E-state index is 0.0251. The van der Waals surface area contributed by atoms with Gasteiger partial charge in [-0.05, 0) is 28.0 Å². The van der Waals surface area contributed by atoms with Crippen LogP contribution in [0.2, 0.25) is 0 Å². The summed E-state index contributed by atoms with van der Waals surface area (Å²) in [4.78, 5) is 0. The van der Waals surface area contributed by atoms with E-state index in [4.69, 9.17) is 9.66 Å². The van der Waals surface area contributed by atoms with E-state index in [0.717, 1.165) is 16.3 Å². The highest BCUT2D eigenvalue weighted by Gasteiger charge is 2.07. The van der Waals surface area contributed by atoms with Gasteiger partial charge in [0.15, 0.2) is 0 Å². The molecule has 17 heavy (non-hydrogen) atoms. The summed E-state index contributed by atoms with van der Waals surface area (Å²) < 4.78 is 30.3. The number of hydrogen-bond donors (Lipinski definition) is 2. The van der Waals surface area contributed by atoms with Gasteiger partial charge in [-0.15, -0.1) is 0 Å². The van der Waals surface area contributed by atoms with Gasteiger partial charge in [-0.2, -0.15) is 8.42 Å². The Balaban J connectivity index is 2.45. The molecule has 0 unspecified atom stereocenters. The number of hydrogen-bond acceptors (Lipinski definition) is 3. The standard InChI is InChI=1S/C12H12O4S/c13-7-9-1-3-12-6-10(8-17(14,15)16)2-4-11(12)5-9/h1-6,13H,7-8H2,(H,14,15,16). The number of aliphatic hydroxyl groups is 1. The molecule has 0 saturated heterocycles. The van der Waals surface area contributed by atoms with Crippen LogP contribution in [0.4, 0.5) is 0 Å². The smallest absolute Gasteiger partial charge is 0.269 e. The summed E-state index contributed by atoms with van der Waals surface area (Å²) >= 11 is 0. The number of rotatable bonds is 3. The Hall–Kier alpha value is -1.43. The molecule has 0 atom stereocenters. The summed E-state index contributed by atoms with van der Waals surface area (Å²) in [5.41, 5.74) is 1.34. The predicted octanol–water partition coefficient (Wildman–Crippen LogP) is 1.72. The van der Waals surface area contributed by atoms with Crippen molar-refractivity contribution in [2.24, 2.45) is 0 Å². The molecule has 0 saturated carbocycles. The van der Waals surface area contributed by atoms with E-state index in [1.54, 1.807) is 24.3 Å². The molecule has 0 aliphatic rings. The SMILES string of the molecule is O=S(=O)(O)Cc1ccc2cc(CO)ccc2c1. The molecule has 5 heteroatoms. The van der Waals surface area contributed by atoms with Crippen molar-refractivity contribution in [3.8, 4) is 0 Å².